The Balaban J connectivity index is 0.000000174. The first-order valence-electron chi connectivity index (χ1n) is 17.5. The van der Waals surface area contributed by atoms with Gasteiger partial charge in [0.15, 0.2) is 11.2 Å². The van der Waals surface area contributed by atoms with E-state index in [2.05, 4.69) is 25.7 Å². The summed E-state index contributed by atoms with van der Waals surface area (Å²) in [5.74, 6) is 0.895. The molecule has 0 radical (unpaired) electrons. The van der Waals surface area contributed by atoms with Gasteiger partial charge in [-0.1, -0.05) is 67.8 Å². The molecule has 8 rings (SSSR count). The summed E-state index contributed by atoms with van der Waals surface area (Å²) in [5.41, 5.74) is 4.38. The van der Waals surface area contributed by atoms with Crippen LogP contribution in [0.15, 0.2) is 119 Å². The molecule has 4 aromatic carbocycles. The van der Waals surface area contributed by atoms with Gasteiger partial charge in [0, 0.05) is 34.3 Å². The fourth-order valence-corrected chi connectivity index (χ4v) is 6.56. The van der Waals surface area contributed by atoms with Crippen LogP contribution >= 0.6 is 0 Å². The standard InChI is InChI=1S/C24H25N3O4.C18H12N2O3/c1-30-21-14-13-19(17-10-5-6-11-18(17)21)23(28)26-20-12-7-15-25-22(20)24(29)27-31-16-8-3-2-4-9-16;1-22-15-9-8-13(11-5-2-3-6-12(11)15)17-20-14-7-4-10-19-16(14)18(21)23-17/h5-7,10-16H,2-4,8-9H2,1H3,(H,26,28)(H,27,29);2-10H,1H3. The third kappa shape index (κ3) is 7.59. The number of carbonyl (C=O) groups is 2. The van der Waals surface area contributed by atoms with Crippen LogP contribution in [0, 0.1) is 0 Å². The quantitative estimate of drug-likeness (QED) is 0.148. The number of benzene rings is 4. The van der Waals surface area contributed by atoms with E-state index in [9.17, 15) is 14.4 Å². The van der Waals surface area contributed by atoms with Crippen molar-refractivity contribution in [3.63, 3.8) is 0 Å². The van der Waals surface area contributed by atoms with Gasteiger partial charge < -0.3 is 19.2 Å². The van der Waals surface area contributed by atoms with Crippen LogP contribution in [0.25, 0.3) is 44.0 Å². The van der Waals surface area contributed by atoms with Crippen LogP contribution in [0.4, 0.5) is 5.69 Å². The van der Waals surface area contributed by atoms with Gasteiger partial charge in [-0.3, -0.25) is 14.4 Å². The van der Waals surface area contributed by atoms with Crippen molar-refractivity contribution in [2.24, 2.45) is 0 Å². The normalized spacial score (nSPS) is 12.9. The lowest BCUT2D eigenvalue weighted by molar-refractivity contribution is -0.0314. The van der Waals surface area contributed by atoms with Crippen LogP contribution in [-0.2, 0) is 4.84 Å². The van der Waals surface area contributed by atoms with Gasteiger partial charge in [0.1, 0.15) is 17.0 Å². The smallest absolute Gasteiger partial charge is 0.365 e. The molecule has 7 aromatic rings. The average molecular weight is 724 g/mol. The third-order valence-corrected chi connectivity index (χ3v) is 9.22. The number of hydrogen-bond donors (Lipinski definition) is 2. The number of rotatable bonds is 8. The Morgan fingerprint density at radius 1 is 0.704 bits per heavy atom. The van der Waals surface area contributed by atoms with Gasteiger partial charge in [0.05, 0.1) is 26.0 Å². The lowest BCUT2D eigenvalue weighted by Gasteiger charge is -2.21. The number of hydrogen-bond acceptors (Lipinski definition) is 10. The molecule has 3 aromatic heterocycles. The largest absolute Gasteiger partial charge is 0.496 e. The fourth-order valence-electron chi connectivity index (χ4n) is 6.56. The number of nitrogens with one attached hydrogen (secondary N) is 2. The molecule has 0 bridgehead atoms. The van der Waals surface area contributed by atoms with Crippen molar-refractivity contribution >= 4 is 50.1 Å². The third-order valence-electron chi connectivity index (χ3n) is 9.22. The van der Waals surface area contributed by atoms with Gasteiger partial charge in [0.2, 0.25) is 5.89 Å². The second-order valence-corrected chi connectivity index (χ2v) is 12.6. The van der Waals surface area contributed by atoms with E-state index in [4.69, 9.17) is 18.7 Å². The molecule has 0 aliphatic heterocycles. The van der Waals surface area contributed by atoms with Gasteiger partial charge in [-0.25, -0.2) is 25.2 Å². The first kappa shape index (κ1) is 35.7. The Kier molecular flexibility index (Phi) is 10.8. The number of fused-ring (bicyclic) bond motifs is 3. The van der Waals surface area contributed by atoms with Gasteiger partial charge in [-0.15, -0.1) is 0 Å². The number of amides is 2. The van der Waals surface area contributed by atoms with Gasteiger partial charge >= 0.3 is 5.63 Å². The first-order chi connectivity index (χ1) is 26.4. The average Bonchev–Trinajstić information content (AvgIpc) is 3.22. The second kappa shape index (κ2) is 16.3. The monoisotopic (exact) mass is 723 g/mol. The number of nitrogens with zero attached hydrogens (tertiary/aromatic N) is 3. The highest BCUT2D eigenvalue weighted by Crippen LogP contribution is 2.34. The zero-order chi connectivity index (χ0) is 37.4. The van der Waals surface area contributed by atoms with Crippen LogP contribution in [-0.4, -0.2) is 47.1 Å². The van der Waals surface area contributed by atoms with Crippen molar-refractivity contribution in [2.75, 3.05) is 19.5 Å². The zero-order valence-electron chi connectivity index (χ0n) is 29.7. The number of carbonyl (C=O) groups excluding carboxylic acids is 2. The molecule has 0 unspecified atom stereocenters. The van der Waals surface area contributed by atoms with E-state index in [1.807, 2.05) is 60.7 Å². The molecule has 2 N–H and O–H groups in total. The van der Waals surface area contributed by atoms with E-state index in [-0.39, 0.29) is 29.1 Å². The van der Waals surface area contributed by atoms with Crippen molar-refractivity contribution in [1.82, 2.24) is 20.4 Å². The van der Waals surface area contributed by atoms with Gasteiger partial charge in [-0.2, -0.15) is 0 Å². The summed E-state index contributed by atoms with van der Waals surface area (Å²) in [6, 6.07) is 29.2. The number of pyridine rings is 2. The van der Waals surface area contributed by atoms with Crippen molar-refractivity contribution in [3.8, 4) is 23.0 Å². The lowest BCUT2D eigenvalue weighted by atomic mass is 9.98. The SMILES string of the molecule is COc1ccc(-c2nc3cccnc3c(=O)o2)c2ccccc12.COc1ccc(C(=O)Nc2cccnc2C(=O)NOC2CCCCC2)c2ccccc12. The van der Waals surface area contributed by atoms with E-state index in [0.717, 1.165) is 58.5 Å². The van der Waals surface area contributed by atoms with Crippen molar-refractivity contribution in [2.45, 2.75) is 38.2 Å². The van der Waals surface area contributed by atoms with E-state index in [0.29, 0.717) is 22.5 Å². The van der Waals surface area contributed by atoms with E-state index in [1.165, 1.54) is 12.6 Å². The van der Waals surface area contributed by atoms with Crippen LogP contribution in [0.5, 0.6) is 11.5 Å². The van der Waals surface area contributed by atoms with Gasteiger partial charge in [0.25, 0.3) is 11.8 Å². The van der Waals surface area contributed by atoms with E-state index >= 15 is 0 Å². The Bertz CT molecular complexity index is 2530. The van der Waals surface area contributed by atoms with Crippen LogP contribution < -0.4 is 25.9 Å². The Morgan fingerprint density at radius 3 is 2.09 bits per heavy atom. The minimum atomic E-state index is -0.495. The Hall–Kier alpha value is -6.66. The molecule has 1 fully saturated rings. The minimum absolute atomic E-state index is 0.0186. The number of ether oxygens (including phenoxy) is 2. The van der Waals surface area contributed by atoms with Crippen molar-refractivity contribution in [3.05, 3.63) is 131 Å². The summed E-state index contributed by atoms with van der Waals surface area (Å²) in [7, 11) is 3.22. The maximum Gasteiger partial charge on any atom is 0.365 e. The molecule has 54 heavy (non-hydrogen) atoms. The Morgan fingerprint density at radius 2 is 1.35 bits per heavy atom. The zero-order valence-corrected chi connectivity index (χ0v) is 29.7. The van der Waals surface area contributed by atoms with Crippen molar-refractivity contribution < 1.29 is 28.3 Å². The molecule has 0 atom stereocenters. The minimum Gasteiger partial charge on any atom is -0.496 e. The second-order valence-electron chi connectivity index (χ2n) is 12.6. The molecule has 1 aliphatic rings. The topological polar surface area (TPSA) is 155 Å². The summed E-state index contributed by atoms with van der Waals surface area (Å²) >= 11 is 0. The molecule has 1 aliphatic carbocycles. The highest BCUT2D eigenvalue weighted by atomic mass is 16.7. The molecule has 0 saturated heterocycles. The molecule has 1 saturated carbocycles. The maximum atomic E-state index is 13.1. The first-order valence-corrected chi connectivity index (χ1v) is 17.5. The van der Waals surface area contributed by atoms with Gasteiger partial charge in [-0.05, 0) is 72.1 Å². The molecule has 0 spiro atoms. The summed E-state index contributed by atoms with van der Waals surface area (Å²) < 4.78 is 16.2. The lowest BCUT2D eigenvalue weighted by Crippen LogP contribution is -2.32. The Labute approximate surface area is 310 Å². The summed E-state index contributed by atoms with van der Waals surface area (Å²) in [5, 5.41) is 6.25. The summed E-state index contributed by atoms with van der Waals surface area (Å²) in [4.78, 5) is 56.0. The van der Waals surface area contributed by atoms with E-state index in [1.54, 1.807) is 56.8 Å². The summed E-state index contributed by atoms with van der Waals surface area (Å²) in [6.07, 6.45) is 8.32. The van der Waals surface area contributed by atoms with Crippen LogP contribution in [0.2, 0.25) is 0 Å². The van der Waals surface area contributed by atoms with Crippen molar-refractivity contribution in [1.29, 1.82) is 0 Å². The van der Waals surface area contributed by atoms with Crippen LogP contribution in [0.3, 0.4) is 0 Å². The number of anilines is 1. The van der Waals surface area contributed by atoms with E-state index < -0.39 is 11.5 Å². The molecular weight excluding hydrogens is 686 g/mol. The number of aromatic nitrogens is 3. The maximum absolute atomic E-state index is 13.1. The molecular formula is C42H37N5O7. The fraction of sp³-hybridized carbons (Fsp3) is 0.190. The predicted molar refractivity (Wildman–Crippen MR) is 206 cm³/mol. The molecule has 3 heterocycles. The molecule has 272 valence electrons. The molecule has 12 heteroatoms. The number of methoxy groups -OCH3 is 2. The highest BCUT2D eigenvalue weighted by Gasteiger charge is 2.21. The molecule has 2 amide bonds. The van der Waals surface area contributed by atoms with Crippen LogP contribution in [0.1, 0.15) is 53.0 Å². The molecule has 12 nitrogen and oxygen atoms in total. The highest BCUT2D eigenvalue weighted by molar-refractivity contribution is 6.15. The number of hydroxylamine groups is 1. The summed E-state index contributed by atoms with van der Waals surface area (Å²) in [6.45, 7) is 0. The predicted octanol–water partition coefficient (Wildman–Crippen LogP) is 7.90.